The summed E-state index contributed by atoms with van der Waals surface area (Å²) in [5.74, 6) is -0.0452. The molecule has 1 fully saturated rings. The number of hydrogen-bond donors (Lipinski definition) is 0. The molecule has 0 bridgehead atoms. The van der Waals surface area contributed by atoms with E-state index in [1.54, 1.807) is 4.90 Å². The highest BCUT2D eigenvalue weighted by molar-refractivity contribution is 6.74. The first-order chi connectivity index (χ1) is 7.63. The molecule has 5 heteroatoms. The Kier molecular flexibility index (Phi) is 4.14. The van der Waals surface area contributed by atoms with Gasteiger partial charge in [0.1, 0.15) is 0 Å². The average Bonchev–Trinajstić information content (AvgIpc) is 2.43. The van der Waals surface area contributed by atoms with Gasteiger partial charge in [0.15, 0.2) is 14.1 Å². The zero-order valence-electron chi connectivity index (χ0n) is 11.5. The van der Waals surface area contributed by atoms with Gasteiger partial charge in [-0.3, -0.25) is 9.59 Å². The van der Waals surface area contributed by atoms with Crippen LogP contribution in [0.25, 0.3) is 0 Å². The van der Waals surface area contributed by atoms with Gasteiger partial charge in [-0.2, -0.15) is 0 Å². The van der Waals surface area contributed by atoms with Crippen molar-refractivity contribution in [2.75, 3.05) is 19.7 Å². The first-order valence-electron chi connectivity index (χ1n) is 6.07. The molecule has 98 valence electrons. The van der Waals surface area contributed by atoms with Gasteiger partial charge in [0.2, 0.25) is 5.91 Å². The van der Waals surface area contributed by atoms with Gasteiger partial charge in [-0.25, -0.2) is 0 Å². The molecule has 0 aromatic rings. The van der Waals surface area contributed by atoms with Gasteiger partial charge >= 0.3 is 0 Å². The summed E-state index contributed by atoms with van der Waals surface area (Å²) in [6.07, 6.45) is 0.0695. The average molecular weight is 257 g/mol. The van der Waals surface area contributed by atoms with E-state index < -0.39 is 8.32 Å². The molecule has 0 saturated carbocycles. The van der Waals surface area contributed by atoms with Crippen LogP contribution in [-0.2, 0) is 14.0 Å². The SMILES string of the molecule is CC(C)(C)[Si](C)(C)OCCN1CC(=O)CC1=O. The molecule has 1 aliphatic rings. The van der Waals surface area contributed by atoms with E-state index in [2.05, 4.69) is 33.9 Å². The summed E-state index contributed by atoms with van der Waals surface area (Å²) >= 11 is 0. The number of amides is 1. The minimum atomic E-state index is -1.74. The Morgan fingerprint density at radius 1 is 1.29 bits per heavy atom. The normalized spacial score (nSPS) is 18.1. The Balaban J connectivity index is 2.38. The molecule has 0 radical (unpaired) electrons. The Morgan fingerprint density at radius 3 is 2.29 bits per heavy atom. The third-order valence-electron chi connectivity index (χ3n) is 3.70. The minimum Gasteiger partial charge on any atom is -0.415 e. The summed E-state index contributed by atoms with van der Waals surface area (Å²) in [6.45, 7) is 12.3. The monoisotopic (exact) mass is 257 g/mol. The second-order valence-corrected chi connectivity index (χ2v) is 10.9. The predicted molar refractivity (Wildman–Crippen MR) is 69.4 cm³/mol. The van der Waals surface area contributed by atoms with Gasteiger partial charge in [-0.1, -0.05) is 20.8 Å². The van der Waals surface area contributed by atoms with E-state index in [9.17, 15) is 9.59 Å². The molecule has 17 heavy (non-hydrogen) atoms. The van der Waals surface area contributed by atoms with Crippen molar-refractivity contribution in [3.63, 3.8) is 0 Å². The van der Waals surface area contributed by atoms with Crippen LogP contribution >= 0.6 is 0 Å². The lowest BCUT2D eigenvalue weighted by Gasteiger charge is -2.36. The van der Waals surface area contributed by atoms with E-state index in [0.29, 0.717) is 13.2 Å². The molecule has 0 unspecified atom stereocenters. The second kappa shape index (κ2) is 4.90. The maximum absolute atomic E-state index is 11.4. The first-order valence-corrected chi connectivity index (χ1v) is 8.98. The van der Waals surface area contributed by atoms with Crippen LogP contribution in [0.2, 0.25) is 18.1 Å². The molecule has 4 nitrogen and oxygen atoms in total. The maximum Gasteiger partial charge on any atom is 0.230 e. The highest BCUT2D eigenvalue weighted by Crippen LogP contribution is 2.36. The molecule has 1 amide bonds. The highest BCUT2D eigenvalue weighted by atomic mass is 28.4. The minimum absolute atomic E-state index is 0.0160. The van der Waals surface area contributed by atoms with Crippen molar-refractivity contribution in [2.45, 2.75) is 45.3 Å². The Morgan fingerprint density at radius 2 is 1.88 bits per heavy atom. The van der Waals surface area contributed by atoms with Crippen LogP contribution < -0.4 is 0 Å². The second-order valence-electron chi connectivity index (χ2n) is 6.14. The lowest BCUT2D eigenvalue weighted by atomic mass is 10.2. The molecule has 0 aromatic carbocycles. The van der Waals surface area contributed by atoms with E-state index in [-0.39, 0.29) is 29.7 Å². The van der Waals surface area contributed by atoms with Crippen molar-refractivity contribution in [3.8, 4) is 0 Å². The molecule has 1 saturated heterocycles. The highest BCUT2D eigenvalue weighted by Gasteiger charge is 2.37. The lowest BCUT2D eigenvalue weighted by Crippen LogP contribution is -2.43. The summed E-state index contributed by atoms with van der Waals surface area (Å²) in [6, 6.07) is 0. The molecule has 0 spiro atoms. The van der Waals surface area contributed by atoms with Crippen LogP contribution in [0.3, 0.4) is 0 Å². The van der Waals surface area contributed by atoms with Crippen molar-refractivity contribution >= 4 is 20.0 Å². The van der Waals surface area contributed by atoms with E-state index >= 15 is 0 Å². The summed E-state index contributed by atoms with van der Waals surface area (Å²) in [5, 5.41) is 0.178. The third kappa shape index (κ3) is 3.64. The van der Waals surface area contributed by atoms with E-state index in [4.69, 9.17) is 4.43 Å². The van der Waals surface area contributed by atoms with Gasteiger partial charge in [-0.15, -0.1) is 0 Å². The lowest BCUT2D eigenvalue weighted by molar-refractivity contribution is -0.128. The van der Waals surface area contributed by atoms with Crippen molar-refractivity contribution < 1.29 is 14.0 Å². The number of nitrogens with zero attached hydrogens (tertiary/aromatic N) is 1. The molecule has 1 rings (SSSR count). The van der Waals surface area contributed by atoms with Gasteiger partial charge < -0.3 is 9.33 Å². The third-order valence-corrected chi connectivity index (χ3v) is 8.24. The molecule has 0 atom stereocenters. The number of hydrogen-bond acceptors (Lipinski definition) is 3. The largest absolute Gasteiger partial charge is 0.415 e. The Bertz CT molecular complexity index is 320. The Labute approximate surface area is 104 Å². The fourth-order valence-electron chi connectivity index (χ4n) is 1.47. The van der Waals surface area contributed by atoms with Crippen LogP contribution in [0.4, 0.5) is 0 Å². The predicted octanol–water partition coefficient (Wildman–Crippen LogP) is 1.81. The van der Waals surface area contributed by atoms with Gasteiger partial charge in [0.25, 0.3) is 0 Å². The zero-order chi connectivity index (χ0) is 13.3. The molecule has 0 N–H and O–H groups in total. The summed E-state index contributed by atoms with van der Waals surface area (Å²) < 4.78 is 5.97. The molecular weight excluding hydrogens is 234 g/mol. The summed E-state index contributed by atoms with van der Waals surface area (Å²) in [4.78, 5) is 24.1. The van der Waals surface area contributed by atoms with Crippen molar-refractivity contribution in [1.29, 1.82) is 0 Å². The van der Waals surface area contributed by atoms with Crippen molar-refractivity contribution in [3.05, 3.63) is 0 Å². The standard InChI is InChI=1S/C12H23NO3Si/c1-12(2,3)17(4,5)16-7-6-13-9-10(14)8-11(13)15/h6-9H2,1-5H3. The summed E-state index contributed by atoms with van der Waals surface area (Å²) in [5.41, 5.74) is 0. The first kappa shape index (κ1) is 14.4. The fraction of sp³-hybridized carbons (Fsp3) is 0.833. The zero-order valence-corrected chi connectivity index (χ0v) is 12.5. The number of rotatable bonds is 4. The smallest absolute Gasteiger partial charge is 0.230 e. The van der Waals surface area contributed by atoms with E-state index in [0.717, 1.165) is 0 Å². The topological polar surface area (TPSA) is 46.6 Å². The fourth-order valence-corrected chi connectivity index (χ4v) is 2.50. The molecule has 0 aromatic heterocycles. The van der Waals surface area contributed by atoms with Crippen LogP contribution in [0.5, 0.6) is 0 Å². The number of likely N-dealkylation sites (tertiary alicyclic amines) is 1. The molecule has 0 aliphatic carbocycles. The molecule has 1 heterocycles. The van der Waals surface area contributed by atoms with E-state index in [1.807, 2.05) is 0 Å². The number of Topliss-reactive ketones (excluding diaryl/α,β-unsaturated/α-hetero) is 1. The number of carbonyl (C=O) groups excluding carboxylic acids is 2. The van der Waals surface area contributed by atoms with Crippen LogP contribution in [0.1, 0.15) is 27.2 Å². The van der Waals surface area contributed by atoms with E-state index in [1.165, 1.54) is 0 Å². The van der Waals surface area contributed by atoms with Crippen molar-refractivity contribution in [2.24, 2.45) is 0 Å². The molecule has 1 aliphatic heterocycles. The molecular formula is C12H23NO3Si. The van der Waals surface area contributed by atoms with Gasteiger partial charge in [0, 0.05) is 6.54 Å². The maximum atomic E-state index is 11.4. The van der Waals surface area contributed by atoms with Crippen LogP contribution in [0, 0.1) is 0 Å². The van der Waals surface area contributed by atoms with Crippen LogP contribution in [-0.4, -0.2) is 44.6 Å². The van der Waals surface area contributed by atoms with Crippen molar-refractivity contribution in [1.82, 2.24) is 4.90 Å². The number of ketones is 1. The number of carbonyl (C=O) groups is 2. The Hall–Kier alpha value is -0.683. The van der Waals surface area contributed by atoms with Crippen LogP contribution in [0.15, 0.2) is 0 Å². The van der Waals surface area contributed by atoms with Gasteiger partial charge in [0.05, 0.1) is 19.6 Å². The quantitative estimate of drug-likeness (QED) is 0.570. The van der Waals surface area contributed by atoms with Gasteiger partial charge in [-0.05, 0) is 18.1 Å². The summed E-state index contributed by atoms with van der Waals surface area (Å²) in [7, 11) is -1.74.